The Labute approximate surface area is 240 Å². The number of hydrogen-bond donors (Lipinski definition) is 3. The number of aliphatic hydroxyl groups is 2. The average molecular weight is 572 g/mol. The van der Waals surface area contributed by atoms with E-state index in [4.69, 9.17) is 4.74 Å². The molecule has 4 aromatic heterocycles. The van der Waals surface area contributed by atoms with Crippen LogP contribution >= 0.6 is 0 Å². The number of aromatic amines is 1. The summed E-state index contributed by atoms with van der Waals surface area (Å²) in [7, 11) is 0. The van der Waals surface area contributed by atoms with Crippen LogP contribution in [0.3, 0.4) is 0 Å². The highest BCUT2D eigenvalue weighted by Crippen LogP contribution is 2.31. The van der Waals surface area contributed by atoms with Gasteiger partial charge < -0.3 is 29.7 Å². The fraction of sp³-hybridized carbons (Fsp3) is 0.345. The van der Waals surface area contributed by atoms with E-state index in [0.717, 1.165) is 28.1 Å². The van der Waals surface area contributed by atoms with Crippen molar-refractivity contribution in [2.24, 2.45) is 0 Å². The monoisotopic (exact) mass is 571 g/mol. The fourth-order valence-electron chi connectivity index (χ4n) is 5.57. The molecule has 2 aliphatic heterocycles. The van der Waals surface area contributed by atoms with E-state index >= 15 is 0 Å². The molecule has 0 unspecified atom stereocenters. The van der Waals surface area contributed by atoms with Crippen LogP contribution in [-0.2, 0) is 10.3 Å². The number of aliphatic hydroxyl groups excluding tert-OH is 1. The van der Waals surface area contributed by atoms with Crippen LogP contribution < -0.4 is 9.80 Å². The first-order valence-corrected chi connectivity index (χ1v) is 13.8. The fourth-order valence-corrected chi connectivity index (χ4v) is 5.57. The molecule has 2 saturated heterocycles. The third kappa shape index (κ3) is 4.74. The molecule has 3 atom stereocenters. The average Bonchev–Trinajstić information content (AvgIpc) is 3.77. The Hall–Kier alpha value is -4.46. The van der Waals surface area contributed by atoms with Crippen LogP contribution in [0.25, 0.3) is 22.3 Å². The quantitative estimate of drug-likeness (QED) is 0.278. The standard InChI is InChI=1S/C29H30FN9O3/c1-29(41,19-2-4-21(30)5-3-19)20-12-31-28(32-13-20)38-8-6-37(7-9-38)27-22-10-23(36-26(22)33-17-34-27)18-11-35-39(14-18)24-15-42-16-25(24)40/h2-5,10-14,17,24-25,40-41H,6-9,15-16H2,1H3,(H,33,34,36)/t24-,25+,29+/m1/s1. The van der Waals surface area contributed by atoms with Gasteiger partial charge in [0.2, 0.25) is 5.95 Å². The van der Waals surface area contributed by atoms with Gasteiger partial charge in [-0.15, -0.1) is 0 Å². The zero-order valence-corrected chi connectivity index (χ0v) is 22.9. The van der Waals surface area contributed by atoms with E-state index in [0.29, 0.717) is 56.5 Å². The van der Waals surface area contributed by atoms with Crippen LogP contribution in [0, 0.1) is 5.82 Å². The molecule has 1 aromatic carbocycles. The Bertz CT molecular complexity index is 1700. The molecule has 2 fully saturated rings. The smallest absolute Gasteiger partial charge is 0.225 e. The Kier molecular flexibility index (Phi) is 6.56. The van der Waals surface area contributed by atoms with Crippen molar-refractivity contribution in [3.05, 3.63) is 78.4 Å². The van der Waals surface area contributed by atoms with E-state index < -0.39 is 11.7 Å². The number of halogens is 1. The van der Waals surface area contributed by atoms with Gasteiger partial charge in [0.1, 0.15) is 41.4 Å². The van der Waals surface area contributed by atoms with Crippen LogP contribution in [0.2, 0.25) is 0 Å². The molecule has 13 heteroatoms. The van der Waals surface area contributed by atoms with Crippen LogP contribution in [0.15, 0.2) is 61.4 Å². The maximum atomic E-state index is 13.3. The number of anilines is 2. The lowest BCUT2D eigenvalue weighted by Gasteiger charge is -2.35. The van der Waals surface area contributed by atoms with Gasteiger partial charge in [0.05, 0.1) is 30.5 Å². The number of benzene rings is 1. The van der Waals surface area contributed by atoms with Crippen LogP contribution in [0.4, 0.5) is 16.2 Å². The number of fused-ring (bicyclic) bond motifs is 1. The van der Waals surface area contributed by atoms with Gasteiger partial charge in [-0.1, -0.05) is 12.1 Å². The Morgan fingerprint density at radius 2 is 1.69 bits per heavy atom. The molecule has 0 aliphatic carbocycles. The minimum absolute atomic E-state index is 0.196. The summed E-state index contributed by atoms with van der Waals surface area (Å²) < 4.78 is 20.5. The van der Waals surface area contributed by atoms with Gasteiger partial charge >= 0.3 is 0 Å². The second-order valence-electron chi connectivity index (χ2n) is 10.8. The SMILES string of the molecule is C[C@](O)(c1ccc(F)cc1)c1cnc(N2CCN(c3ncnc4[nH]c(-c5cnn([C@@H]6COC[C@@H]6O)c5)cc34)CC2)nc1. The lowest BCUT2D eigenvalue weighted by Crippen LogP contribution is -2.47. The molecular formula is C29H30FN9O3. The number of nitrogens with zero attached hydrogens (tertiary/aromatic N) is 8. The largest absolute Gasteiger partial charge is 0.388 e. The number of piperazine rings is 1. The summed E-state index contributed by atoms with van der Waals surface area (Å²) in [6.45, 7) is 5.19. The number of hydrogen-bond acceptors (Lipinski definition) is 10. The van der Waals surface area contributed by atoms with Gasteiger partial charge in [-0.05, 0) is 30.7 Å². The van der Waals surface area contributed by atoms with Gasteiger partial charge in [0.25, 0.3) is 0 Å². The minimum atomic E-state index is -1.34. The van der Waals surface area contributed by atoms with E-state index in [-0.39, 0.29) is 11.9 Å². The Balaban J connectivity index is 1.05. The molecule has 0 bridgehead atoms. The van der Waals surface area contributed by atoms with Crippen molar-refractivity contribution in [2.75, 3.05) is 49.2 Å². The van der Waals surface area contributed by atoms with Crippen molar-refractivity contribution in [2.45, 2.75) is 24.7 Å². The number of aromatic nitrogens is 7. The zero-order valence-electron chi connectivity index (χ0n) is 22.9. The van der Waals surface area contributed by atoms with Crippen molar-refractivity contribution in [3.63, 3.8) is 0 Å². The molecule has 2 aliphatic rings. The second kappa shape index (κ2) is 10.4. The summed E-state index contributed by atoms with van der Waals surface area (Å²) in [5.74, 6) is 1.07. The summed E-state index contributed by atoms with van der Waals surface area (Å²) in [6, 6.07) is 7.61. The number of rotatable bonds is 6. The summed E-state index contributed by atoms with van der Waals surface area (Å²) in [5, 5.41) is 26.6. The van der Waals surface area contributed by atoms with Crippen molar-refractivity contribution >= 4 is 22.8 Å². The molecule has 12 nitrogen and oxygen atoms in total. The van der Waals surface area contributed by atoms with Gasteiger partial charge in [0.15, 0.2) is 0 Å². The van der Waals surface area contributed by atoms with Crippen LogP contribution in [0.1, 0.15) is 24.1 Å². The Morgan fingerprint density at radius 1 is 0.952 bits per heavy atom. The lowest BCUT2D eigenvalue weighted by atomic mass is 9.90. The molecule has 0 radical (unpaired) electrons. The van der Waals surface area contributed by atoms with Gasteiger partial charge in [-0.3, -0.25) is 4.68 Å². The predicted molar refractivity (Wildman–Crippen MR) is 153 cm³/mol. The summed E-state index contributed by atoms with van der Waals surface area (Å²) in [5.41, 5.74) is 2.25. The van der Waals surface area contributed by atoms with Crippen LogP contribution in [0.5, 0.6) is 0 Å². The highest BCUT2D eigenvalue weighted by atomic mass is 19.1. The van der Waals surface area contributed by atoms with Crippen molar-refractivity contribution in [1.82, 2.24) is 34.7 Å². The van der Waals surface area contributed by atoms with E-state index in [1.165, 1.54) is 12.1 Å². The molecule has 0 spiro atoms. The molecular weight excluding hydrogens is 541 g/mol. The van der Waals surface area contributed by atoms with Gasteiger partial charge in [0, 0.05) is 55.9 Å². The third-order valence-corrected chi connectivity index (χ3v) is 8.15. The highest BCUT2D eigenvalue weighted by molar-refractivity contribution is 5.91. The van der Waals surface area contributed by atoms with Crippen molar-refractivity contribution in [1.29, 1.82) is 0 Å². The van der Waals surface area contributed by atoms with Crippen LogP contribution in [-0.4, -0.2) is 90.4 Å². The Morgan fingerprint density at radius 3 is 2.40 bits per heavy atom. The molecule has 7 rings (SSSR count). The molecule has 0 amide bonds. The first-order valence-electron chi connectivity index (χ1n) is 13.8. The molecule has 3 N–H and O–H groups in total. The summed E-state index contributed by atoms with van der Waals surface area (Å²) >= 11 is 0. The maximum absolute atomic E-state index is 13.3. The van der Waals surface area contributed by atoms with E-state index in [9.17, 15) is 14.6 Å². The predicted octanol–water partition coefficient (Wildman–Crippen LogP) is 2.27. The summed E-state index contributed by atoms with van der Waals surface area (Å²) in [4.78, 5) is 25.8. The number of ether oxygens (including phenoxy) is 1. The normalized spacial score (nSPS) is 20.8. The van der Waals surface area contributed by atoms with Crippen molar-refractivity contribution in [3.8, 4) is 11.3 Å². The van der Waals surface area contributed by atoms with E-state index in [1.807, 2.05) is 12.3 Å². The third-order valence-electron chi connectivity index (χ3n) is 8.15. The second-order valence-corrected chi connectivity index (χ2v) is 10.8. The van der Waals surface area contributed by atoms with E-state index in [2.05, 4.69) is 39.8 Å². The highest BCUT2D eigenvalue weighted by Gasteiger charge is 2.30. The summed E-state index contributed by atoms with van der Waals surface area (Å²) in [6.07, 6.45) is 7.91. The molecule has 0 saturated carbocycles. The molecule has 5 aromatic rings. The topological polar surface area (TPSA) is 141 Å². The van der Waals surface area contributed by atoms with E-state index in [1.54, 1.807) is 48.7 Å². The number of H-pyrrole nitrogens is 1. The van der Waals surface area contributed by atoms with Gasteiger partial charge in [-0.2, -0.15) is 5.10 Å². The first kappa shape index (κ1) is 26.4. The minimum Gasteiger partial charge on any atom is -0.388 e. The first-order chi connectivity index (χ1) is 20.4. The lowest BCUT2D eigenvalue weighted by molar-refractivity contribution is 0.101. The maximum Gasteiger partial charge on any atom is 0.225 e. The van der Waals surface area contributed by atoms with Gasteiger partial charge in [-0.25, -0.2) is 24.3 Å². The zero-order chi connectivity index (χ0) is 28.8. The van der Waals surface area contributed by atoms with Crippen molar-refractivity contribution < 1.29 is 19.3 Å². The molecule has 216 valence electrons. The molecule has 42 heavy (non-hydrogen) atoms. The number of nitrogens with one attached hydrogen (secondary N) is 1. The molecule has 6 heterocycles.